The summed E-state index contributed by atoms with van der Waals surface area (Å²) in [6.07, 6.45) is -2.10. The summed E-state index contributed by atoms with van der Waals surface area (Å²) in [7, 11) is 0. The lowest BCUT2D eigenvalue weighted by atomic mass is 9.98. The molecule has 0 bridgehead atoms. The lowest BCUT2D eigenvalue weighted by Gasteiger charge is -2.22. The summed E-state index contributed by atoms with van der Waals surface area (Å²) in [4.78, 5) is 0. The lowest BCUT2D eigenvalue weighted by molar-refractivity contribution is -0.168. The minimum Gasteiger partial charge on any atom is -0.385 e. The minimum absolute atomic E-state index is 0.192. The van der Waals surface area contributed by atoms with Gasteiger partial charge in [0.1, 0.15) is 18.3 Å². The molecule has 0 heterocycles. The summed E-state index contributed by atoms with van der Waals surface area (Å²) in [6, 6.07) is 56.0. The van der Waals surface area contributed by atoms with Crippen LogP contribution in [0.15, 0.2) is 182 Å². The maximum Gasteiger partial charge on any atom is 0.193 e. The summed E-state index contributed by atoms with van der Waals surface area (Å²) >= 11 is 0. The zero-order valence-corrected chi connectivity index (χ0v) is 25.5. The molecule has 0 saturated heterocycles. The van der Waals surface area contributed by atoms with Crippen LogP contribution in [-0.2, 0) is 12.2 Å². The van der Waals surface area contributed by atoms with Gasteiger partial charge in [-0.05, 0) is 27.8 Å². The Kier molecular flexibility index (Phi) is 13.0. The Morgan fingerprint density at radius 3 is 1.00 bits per heavy atom. The van der Waals surface area contributed by atoms with Crippen molar-refractivity contribution >= 4 is 0 Å². The van der Waals surface area contributed by atoms with E-state index in [-0.39, 0.29) is 6.42 Å². The van der Waals surface area contributed by atoms with Crippen molar-refractivity contribution in [3.05, 3.63) is 215 Å². The fourth-order valence-corrected chi connectivity index (χ4v) is 4.82. The van der Waals surface area contributed by atoms with Crippen LogP contribution in [0.3, 0.4) is 0 Å². The first kappa shape index (κ1) is 34.0. The predicted octanol–water partition coefficient (Wildman–Crippen LogP) is 7.29. The average molecular weight is 613 g/mol. The number of hydrogen-bond donors (Lipinski definition) is 5. The highest BCUT2D eigenvalue weighted by Gasteiger charge is 2.25. The smallest absolute Gasteiger partial charge is 0.193 e. The maximum absolute atomic E-state index is 9.99. The first-order chi connectivity index (χ1) is 22.3. The Balaban J connectivity index is 0.000000157. The van der Waals surface area contributed by atoms with E-state index >= 15 is 0 Å². The molecular formula is C41H40O5. The van der Waals surface area contributed by atoms with E-state index in [0.717, 1.165) is 27.8 Å². The van der Waals surface area contributed by atoms with Crippen LogP contribution in [0.5, 0.6) is 0 Å². The first-order valence-electron chi connectivity index (χ1n) is 15.1. The normalized spacial score (nSPS) is 12.1. The minimum atomic E-state index is -1.80. The van der Waals surface area contributed by atoms with Crippen LogP contribution >= 0.6 is 0 Å². The quantitative estimate of drug-likeness (QED) is 0.116. The third kappa shape index (κ3) is 10.3. The Morgan fingerprint density at radius 2 is 0.652 bits per heavy atom. The number of hydrogen-bond acceptors (Lipinski definition) is 5. The van der Waals surface area contributed by atoms with Gasteiger partial charge in [0.2, 0.25) is 0 Å². The predicted molar refractivity (Wildman–Crippen MR) is 182 cm³/mol. The molecule has 5 N–H and O–H groups in total. The van der Waals surface area contributed by atoms with Gasteiger partial charge in [-0.15, -0.1) is 0 Å². The molecule has 0 aliphatic heterocycles. The SMILES string of the molecule is OC(O)(Cc1ccccc1)c1ccccc1.OC(c1ccccc1)C(O)c1ccccc1.OC(c1ccccc1)c1ccccc1. The van der Waals surface area contributed by atoms with E-state index in [0.29, 0.717) is 5.56 Å². The van der Waals surface area contributed by atoms with Crippen LogP contribution in [0.2, 0.25) is 0 Å². The van der Waals surface area contributed by atoms with Gasteiger partial charge in [0.05, 0.1) is 0 Å². The van der Waals surface area contributed by atoms with E-state index in [1.54, 1.807) is 48.5 Å². The highest BCUT2D eigenvalue weighted by Crippen LogP contribution is 2.28. The summed E-state index contributed by atoms with van der Waals surface area (Å²) in [5.41, 5.74) is 4.71. The van der Waals surface area contributed by atoms with Gasteiger partial charge in [0, 0.05) is 12.0 Å². The molecule has 0 saturated carbocycles. The van der Waals surface area contributed by atoms with Crippen LogP contribution in [0, 0.1) is 0 Å². The summed E-state index contributed by atoms with van der Waals surface area (Å²) in [5.74, 6) is -1.80. The lowest BCUT2D eigenvalue weighted by Crippen LogP contribution is -2.27. The molecule has 5 heteroatoms. The molecule has 0 aromatic heterocycles. The van der Waals surface area contributed by atoms with Crippen molar-refractivity contribution in [2.75, 3.05) is 0 Å². The molecule has 5 nitrogen and oxygen atoms in total. The summed E-state index contributed by atoms with van der Waals surface area (Å²) in [6.45, 7) is 0. The fourth-order valence-electron chi connectivity index (χ4n) is 4.82. The second-order valence-electron chi connectivity index (χ2n) is 10.8. The van der Waals surface area contributed by atoms with Gasteiger partial charge in [-0.1, -0.05) is 182 Å². The van der Waals surface area contributed by atoms with Gasteiger partial charge in [-0.25, -0.2) is 0 Å². The van der Waals surface area contributed by atoms with Crippen molar-refractivity contribution in [1.29, 1.82) is 0 Å². The third-order valence-corrected chi connectivity index (χ3v) is 7.34. The molecule has 0 spiro atoms. The van der Waals surface area contributed by atoms with Gasteiger partial charge < -0.3 is 25.5 Å². The third-order valence-electron chi connectivity index (χ3n) is 7.34. The monoisotopic (exact) mass is 612 g/mol. The van der Waals surface area contributed by atoms with Crippen LogP contribution in [0.25, 0.3) is 0 Å². The zero-order chi connectivity index (χ0) is 32.6. The van der Waals surface area contributed by atoms with Crippen molar-refractivity contribution < 1.29 is 25.5 Å². The van der Waals surface area contributed by atoms with Crippen LogP contribution in [-0.4, -0.2) is 25.5 Å². The van der Waals surface area contributed by atoms with Crippen molar-refractivity contribution in [2.24, 2.45) is 0 Å². The summed E-state index contributed by atoms with van der Waals surface area (Å²) < 4.78 is 0. The highest BCUT2D eigenvalue weighted by molar-refractivity contribution is 5.29. The number of rotatable bonds is 8. The second kappa shape index (κ2) is 17.6. The molecule has 6 aromatic rings. The van der Waals surface area contributed by atoms with E-state index in [1.807, 2.05) is 133 Å². The topological polar surface area (TPSA) is 101 Å². The molecule has 2 unspecified atom stereocenters. The van der Waals surface area contributed by atoms with E-state index in [9.17, 15) is 25.5 Å². The maximum atomic E-state index is 9.99. The zero-order valence-electron chi connectivity index (χ0n) is 25.5. The molecule has 6 rings (SSSR count). The number of aliphatic hydroxyl groups is 5. The van der Waals surface area contributed by atoms with E-state index in [4.69, 9.17) is 0 Å². The van der Waals surface area contributed by atoms with Gasteiger partial charge in [0.25, 0.3) is 0 Å². The van der Waals surface area contributed by atoms with Crippen molar-refractivity contribution in [2.45, 2.75) is 30.5 Å². The average Bonchev–Trinajstić information content (AvgIpc) is 3.13. The Bertz CT molecular complexity index is 1560. The Labute approximate surface area is 271 Å². The van der Waals surface area contributed by atoms with Crippen LogP contribution in [0.1, 0.15) is 51.7 Å². The van der Waals surface area contributed by atoms with Crippen molar-refractivity contribution in [3.63, 3.8) is 0 Å². The first-order valence-corrected chi connectivity index (χ1v) is 15.1. The van der Waals surface area contributed by atoms with Gasteiger partial charge >= 0.3 is 0 Å². The molecule has 234 valence electrons. The Hall–Kier alpha value is -4.88. The summed E-state index contributed by atoms with van der Waals surface area (Å²) in [5, 5.41) is 50.0. The fraction of sp³-hybridized carbons (Fsp3) is 0.122. The molecule has 0 radical (unpaired) electrons. The standard InChI is InChI=1S/2C14H14O2.C13H12O/c15-14(16,13-9-5-2-6-10-13)11-12-7-3-1-4-8-12;15-13(11-7-3-1-4-8-11)14(16)12-9-5-2-6-10-12;14-13(11-7-3-1-4-8-11)12-9-5-2-6-10-12/h1-10,15-16H,11H2;1-10,13-16H;1-10,13-14H. The molecule has 0 amide bonds. The molecule has 0 aliphatic rings. The van der Waals surface area contributed by atoms with Gasteiger partial charge in [-0.2, -0.15) is 0 Å². The Morgan fingerprint density at radius 1 is 0.370 bits per heavy atom. The van der Waals surface area contributed by atoms with Crippen molar-refractivity contribution in [1.82, 2.24) is 0 Å². The van der Waals surface area contributed by atoms with Crippen LogP contribution in [0.4, 0.5) is 0 Å². The highest BCUT2D eigenvalue weighted by atomic mass is 16.5. The van der Waals surface area contributed by atoms with E-state index in [1.165, 1.54) is 0 Å². The van der Waals surface area contributed by atoms with Gasteiger partial charge in [-0.3, -0.25) is 0 Å². The number of benzene rings is 6. The second-order valence-corrected chi connectivity index (χ2v) is 10.8. The molecular weight excluding hydrogens is 572 g/mol. The molecule has 6 aromatic carbocycles. The van der Waals surface area contributed by atoms with Crippen molar-refractivity contribution in [3.8, 4) is 0 Å². The van der Waals surface area contributed by atoms with E-state index in [2.05, 4.69) is 0 Å². The molecule has 0 fully saturated rings. The van der Waals surface area contributed by atoms with Crippen LogP contribution < -0.4 is 0 Å². The largest absolute Gasteiger partial charge is 0.385 e. The van der Waals surface area contributed by atoms with E-state index < -0.39 is 24.1 Å². The van der Waals surface area contributed by atoms with Gasteiger partial charge in [0.15, 0.2) is 5.79 Å². The molecule has 46 heavy (non-hydrogen) atoms. The molecule has 0 aliphatic carbocycles. The molecule has 2 atom stereocenters. The number of aliphatic hydroxyl groups excluding tert-OH is 3.